The minimum Gasteiger partial charge on any atom is -0.466 e. The molecular formula is C18H19N3O3S. The number of nitrogens with one attached hydrogen (secondary N) is 1. The van der Waals surface area contributed by atoms with Gasteiger partial charge in [-0.15, -0.1) is 11.3 Å². The van der Waals surface area contributed by atoms with E-state index in [0.29, 0.717) is 23.0 Å². The Bertz CT molecular complexity index is 775. The van der Waals surface area contributed by atoms with Gasteiger partial charge in [0, 0.05) is 29.7 Å². The van der Waals surface area contributed by atoms with Gasteiger partial charge in [0.15, 0.2) is 5.13 Å². The summed E-state index contributed by atoms with van der Waals surface area (Å²) in [4.78, 5) is 30.2. The Labute approximate surface area is 150 Å². The molecule has 3 rings (SSSR count). The number of thiazole rings is 1. The van der Waals surface area contributed by atoms with Crippen molar-refractivity contribution < 1.29 is 14.3 Å². The van der Waals surface area contributed by atoms with Crippen LogP contribution in [0, 0.1) is 0 Å². The molecule has 1 N–H and O–H groups in total. The number of hydrogen-bond acceptors (Lipinski definition) is 6. The standard InChI is InChI=1S/C18H19N3O3S/c1-2-24-16(22)11-14-12-25-18(19-14)20-17(23)13-5-7-15(8-6-13)21-9-3-4-10-21/h3-8,12H,2,9-11H2,1H3,(H,19,20,23). The molecule has 1 aliphatic heterocycles. The first-order valence-corrected chi connectivity index (χ1v) is 8.95. The third kappa shape index (κ3) is 4.45. The molecule has 130 valence electrons. The molecule has 0 spiro atoms. The predicted octanol–water partition coefficient (Wildman–Crippen LogP) is 2.88. The van der Waals surface area contributed by atoms with Crippen molar-refractivity contribution in [3.63, 3.8) is 0 Å². The minimum absolute atomic E-state index is 0.110. The van der Waals surface area contributed by atoms with E-state index >= 15 is 0 Å². The van der Waals surface area contributed by atoms with E-state index in [1.165, 1.54) is 11.3 Å². The highest BCUT2D eigenvalue weighted by Crippen LogP contribution is 2.20. The molecule has 0 bridgehead atoms. The number of nitrogens with zero attached hydrogens (tertiary/aromatic N) is 2. The summed E-state index contributed by atoms with van der Waals surface area (Å²) in [6.07, 6.45) is 4.35. The van der Waals surface area contributed by atoms with Crippen LogP contribution in [0.25, 0.3) is 0 Å². The van der Waals surface area contributed by atoms with E-state index in [-0.39, 0.29) is 18.3 Å². The number of anilines is 2. The van der Waals surface area contributed by atoms with Crippen LogP contribution in [0.1, 0.15) is 23.0 Å². The molecule has 1 aromatic heterocycles. The van der Waals surface area contributed by atoms with Gasteiger partial charge in [0.05, 0.1) is 18.7 Å². The van der Waals surface area contributed by atoms with Crippen molar-refractivity contribution in [3.05, 3.63) is 53.1 Å². The molecule has 2 heterocycles. The van der Waals surface area contributed by atoms with Gasteiger partial charge in [-0.05, 0) is 31.2 Å². The number of esters is 1. The first-order chi connectivity index (χ1) is 12.2. The van der Waals surface area contributed by atoms with Gasteiger partial charge >= 0.3 is 5.97 Å². The highest BCUT2D eigenvalue weighted by Gasteiger charge is 2.13. The SMILES string of the molecule is CCOC(=O)Cc1csc(NC(=O)c2ccc(N3CC=CC3)cc2)n1. The average molecular weight is 357 g/mol. The summed E-state index contributed by atoms with van der Waals surface area (Å²) in [7, 11) is 0. The van der Waals surface area contributed by atoms with Crippen LogP contribution in [0.3, 0.4) is 0 Å². The summed E-state index contributed by atoms with van der Waals surface area (Å²) in [5.74, 6) is -0.541. The van der Waals surface area contributed by atoms with Gasteiger partial charge in [-0.25, -0.2) is 4.98 Å². The Hall–Kier alpha value is -2.67. The molecule has 1 aromatic carbocycles. The third-order valence-corrected chi connectivity index (χ3v) is 4.52. The molecule has 0 radical (unpaired) electrons. The smallest absolute Gasteiger partial charge is 0.311 e. The molecule has 0 saturated carbocycles. The van der Waals surface area contributed by atoms with Crippen molar-refractivity contribution in [1.29, 1.82) is 0 Å². The lowest BCUT2D eigenvalue weighted by atomic mass is 10.2. The zero-order chi connectivity index (χ0) is 17.6. The number of carbonyl (C=O) groups is 2. The molecule has 1 aliphatic rings. The normalized spacial score (nSPS) is 13.1. The Morgan fingerprint density at radius 3 is 2.64 bits per heavy atom. The Morgan fingerprint density at radius 1 is 1.24 bits per heavy atom. The Balaban J connectivity index is 1.58. The van der Waals surface area contributed by atoms with Crippen molar-refractivity contribution in [2.75, 3.05) is 29.9 Å². The summed E-state index contributed by atoms with van der Waals surface area (Å²) in [6.45, 7) is 3.90. The van der Waals surface area contributed by atoms with Crippen LogP contribution in [-0.2, 0) is 16.0 Å². The summed E-state index contributed by atoms with van der Waals surface area (Å²) in [5, 5.41) is 4.98. The van der Waals surface area contributed by atoms with Crippen LogP contribution >= 0.6 is 11.3 Å². The largest absolute Gasteiger partial charge is 0.466 e. The molecular weight excluding hydrogens is 338 g/mol. The lowest BCUT2D eigenvalue weighted by molar-refractivity contribution is -0.142. The maximum Gasteiger partial charge on any atom is 0.311 e. The average Bonchev–Trinajstić information content (AvgIpc) is 3.27. The summed E-state index contributed by atoms with van der Waals surface area (Å²) < 4.78 is 4.89. The van der Waals surface area contributed by atoms with Gasteiger partial charge in [0.25, 0.3) is 5.91 Å². The van der Waals surface area contributed by atoms with Crippen molar-refractivity contribution in [3.8, 4) is 0 Å². The van der Waals surface area contributed by atoms with Crippen molar-refractivity contribution >= 4 is 34.0 Å². The van der Waals surface area contributed by atoms with Crippen LogP contribution in [0.2, 0.25) is 0 Å². The zero-order valence-electron chi connectivity index (χ0n) is 13.9. The lowest BCUT2D eigenvalue weighted by Gasteiger charge is -2.17. The van der Waals surface area contributed by atoms with Gasteiger partial charge < -0.3 is 9.64 Å². The van der Waals surface area contributed by atoms with Crippen LogP contribution in [0.5, 0.6) is 0 Å². The van der Waals surface area contributed by atoms with Crippen LogP contribution in [-0.4, -0.2) is 36.6 Å². The number of benzene rings is 1. The van der Waals surface area contributed by atoms with Gasteiger partial charge in [-0.3, -0.25) is 14.9 Å². The number of carbonyl (C=O) groups excluding carboxylic acids is 2. The number of hydrogen-bond donors (Lipinski definition) is 1. The molecule has 0 aliphatic carbocycles. The maximum atomic E-state index is 12.3. The van der Waals surface area contributed by atoms with Crippen LogP contribution in [0.15, 0.2) is 41.8 Å². The van der Waals surface area contributed by atoms with Crippen LogP contribution < -0.4 is 10.2 Å². The van der Waals surface area contributed by atoms with Crippen molar-refractivity contribution in [2.45, 2.75) is 13.3 Å². The second kappa shape index (κ2) is 7.94. The van der Waals surface area contributed by atoms with E-state index in [4.69, 9.17) is 4.74 Å². The van der Waals surface area contributed by atoms with Gasteiger partial charge in [-0.1, -0.05) is 12.2 Å². The quantitative estimate of drug-likeness (QED) is 0.636. The molecule has 0 fully saturated rings. The molecule has 0 atom stereocenters. The van der Waals surface area contributed by atoms with Gasteiger partial charge in [0.2, 0.25) is 0 Å². The molecule has 0 unspecified atom stereocenters. The molecule has 2 aromatic rings. The molecule has 7 heteroatoms. The van der Waals surface area contributed by atoms with E-state index in [0.717, 1.165) is 18.8 Å². The fourth-order valence-electron chi connectivity index (χ4n) is 2.49. The summed E-state index contributed by atoms with van der Waals surface area (Å²) >= 11 is 1.29. The van der Waals surface area contributed by atoms with Gasteiger partial charge in [-0.2, -0.15) is 0 Å². The predicted molar refractivity (Wildman–Crippen MR) is 98.2 cm³/mol. The summed E-state index contributed by atoms with van der Waals surface area (Å²) in [6, 6.07) is 7.48. The monoisotopic (exact) mass is 357 g/mol. The van der Waals surface area contributed by atoms with Crippen LogP contribution in [0.4, 0.5) is 10.8 Å². The Kier molecular flexibility index (Phi) is 5.45. The summed E-state index contributed by atoms with van der Waals surface area (Å²) in [5.41, 5.74) is 2.25. The first-order valence-electron chi connectivity index (χ1n) is 8.07. The number of aromatic nitrogens is 1. The minimum atomic E-state index is -0.322. The topological polar surface area (TPSA) is 71.5 Å². The third-order valence-electron chi connectivity index (χ3n) is 3.72. The second-order valence-corrected chi connectivity index (χ2v) is 6.36. The van der Waals surface area contributed by atoms with E-state index < -0.39 is 0 Å². The number of ether oxygens (including phenoxy) is 1. The molecule has 1 amide bonds. The van der Waals surface area contributed by atoms with E-state index in [1.54, 1.807) is 24.4 Å². The fourth-order valence-corrected chi connectivity index (χ4v) is 3.19. The molecule has 25 heavy (non-hydrogen) atoms. The highest BCUT2D eigenvalue weighted by molar-refractivity contribution is 7.14. The second-order valence-electron chi connectivity index (χ2n) is 5.50. The highest BCUT2D eigenvalue weighted by atomic mass is 32.1. The van der Waals surface area contributed by atoms with Crippen molar-refractivity contribution in [2.24, 2.45) is 0 Å². The lowest BCUT2D eigenvalue weighted by Crippen LogP contribution is -2.18. The van der Waals surface area contributed by atoms with Gasteiger partial charge in [0.1, 0.15) is 0 Å². The molecule has 6 nitrogen and oxygen atoms in total. The molecule has 0 saturated heterocycles. The fraction of sp³-hybridized carbons (Fsp3) is 0.278. The van der Waals surface area contributed by atoms with E-state index in [2.05, 4.69) is 27.4 Å². The Morgan fingerprint density at radius 2 is 1.96 bits per heavy atom. The maximum absolute atomic E-state index is 12.3. The van der Waals surface area contributed by atoms with Crippen molar-refractivity contribution in [1.82, 2.24) is 4.98 Å². The van der Waals surface area contributed by atoms with E-state index in [9.17, 15) is 9.59 Å². The number of amides is 1. The number of rotatable bonds is 6. The van der Waals surface area contributed by atoms with E-state index in [1.807, 2.05) is 12.1 Å². The first kappa shape index (κ1) is 17.2. The zero-order valence-corrected chi connectivity index (χ0v) is 14.7.